The number of carbonyl (C=O) groups is 3. The van der Waals surface area contributed by atoms with Crippen molar-refractivity contribution in [2.24, 2.45) is 5.92 Å². The third-order valence-electron chi connectivity index (χ3n) is 5.51. The summed E-state index contributed by atoms with van der Waals surface area (Å²) in [6.45, 7) is 7.16. The van der Waals surface area contributed by atoms with E-state index in [1.54, 1.807) is 4.90 Å². The van der Waals surface area contributed by atoms with Crippen LogP contribution in [0.5, 0.6) is 0 Å². The van der Waals surface area contributed by atoms with E-state index in [0.29, 0.717) is 25.2 Å². The number of likely N-dealkylation sites (tertiary alicyclic amines) is 1. The van der Waals surface area contributed by atoms with Crippen molar-refractivity contribution >= 4 is 34.7 Å². The van der Waals surface area contributed by atoms with Gasteiger partial charge in [-0.1, -0.05) is 36.0 Å². The zero-order valence-corrected chi connectivity index (χ0v) is 19.0. The third-order valence-corrected chi connectivity index (χ3v) is 6.42. The predicted octanol–water partition coefficient (Wildman–Crippen LogP) is 3.26. The second-order valence-electron chi connectivity index (χ2n) is 8.05. The highest BCUT2D eigenvalue weighted by molar-refractivity contribution is 7.15. The van der Waals surface area contributed by atoms with E-state index in [9.17, 15) is 14.4 Å². The number of hydrogen-bond acceptors (Lipinski definition) is 6. The van der Waals surface area contributed by atoms with Crippen LogP contribution in [0.3, 0.4) is 0 Å². The van der Waals surface area contributed by atoms with Crippen molar-refractivity contribution in [2.75, 3.05) is 18.4 Å². The summed E-state index contributed by atoms with van der Waals surface area (Å²) >= 11 is 0.996. The molecule has 1 aliphatic rings. The summed E-state index contributed by atoms with van der Waals surface area (Å²) < 4.78 is 0. The number of benzene rings is 1. The molecule has 2 aromatic rings. The van der Waals surface area contributed by atoms with Gasteiger partial charge in [0, 0.05) is 31.2 Å². The summed E-state index contributed by atoms with van der Waals surface area (Å²) in [7, 11) is 0. The van der Waals surface area contributed by atoms with Crippen molar-refractivity contribution in [1.82, 2.24) is 20.4 Å². The highest BCUT2D eigenvalue weighted by Gasteiger charge is 2.28. The van der Waals surface area contributed by atoms with Crippen LogP contribution in [0.15, 0.2) is 24.3 Å². The van der Waals surface area contributed by atoms with Gasteiger partial charge in [0.05, 0.1) is 0 Å². The zero-order chi connectivity index (χ0) is 22.4. The average molecular weight is 444 g/mol. The molecular formula is C22H29N5O3S. The minimum absolute atomic E-state index is 0.0764. The molecule has 3 amide bonds. The molecule has 1 aromatic heterocycles. The Morgan fingerprint density at radius 1 is 1.13 bits per heavy atom. The Kier molecular flexibility index (Phi) is 7.73. The maximum atomic E-state index is 12.8. The van der Waals surface area contributed by atoms with Gasteiger partial charge in [0.25, 0.3) is 11.8 Å². The molecule has 1 fully saturated rings. The van der Waals surface area contributed by atoms with Crippen LogP contribution >= 0.6 is 11.3 Å². The molecule has 3 rings (SSSR count). The number of piperidine rings is 1. The molecule has 166 valence electrons. The topological polar surface area (TPSA) is 104 Å². The molecule has 9 heteroatoms. The lowest BCUT2D eigenvalue weighted by molar-refractivity contribution is -0.122. The van der Waals surface area contributed by atoms with Gasteiger partial charge in [0.1, 0.15) is 0 Å². The minimum atomic E-state index is -0.383. The SMILES string of the molecule is CC[C@@H](C)NC(=O)CC1CCN(C(=O)c2nnc(C(=O)Nc3ccc(C)cc3)s2)CC1. The van der Waals surface area contributed by atoms with Gasteiger partial charge in [-0.15, -0.1) is 10.2 Å². The van der Waals surface area contributed by atoms with Crippen molar-refractivity contribution in [2.45, 2.75) is 52.5 Å². The summed E-state index contributed by atoms with van der Waals surface area (Å²) in [4.78, 5) is 39.0. The second kappa shape index (κ2) is 10.5. The first-order valence-corrected chi connectivity index (χ1v) is 11.5. The van der Waals surface area contributed by atoms with Gasteiger partial charge in [-0.05, 0) is 51.2 Å². The second-order valence-corrected chi connectivity index (χ2v) is 9.03. The summed E-state index contributed by atoms with van der Waals surface area (Å²) in [6.07, 6.45) is 2.96. The number of aromatic nitrogens is 2. The Morgan fingerprint density at radius 2 is 1.77 bits per heavy atom. The molecule has 1 saturated heterocycles. The number of carbonyl (C=O) groups excluding carboxylic acids is 3. The Balaban J connectivity index is 1.50. The first-order valence-electron chi connectivity index (χ1n) is 10.7. The van der Waals surface area contributed by atoms with Crippen LogP contribution in [0.2, 0.25) is 0 Å². The molecule has 2 heterocycles. The van der Waals surface area contributed by atoms with Crippen molar-refractivity contribution in [3.8, 4) is 0 Å². The molecule has 0 saturated carbocycles. The number of rotatable bonds is 7. The van der Waals surface area contributed by atoms with E-state index in [0.717, 1.165) is 36.2 Å². The van der Waals surface area contributed by atoms with Gasteiger partial charge < -0.3 is 15.5 Å². The average Bonchev–Trinajstić information content (AvgIpc) is 3.25. The number of hydrogen-bond donors (Lipinski definition) is 2. The maximum absolute atomic E-state index is 12.8. The zero-order valence-electron chi connectivity index (χ0n) is 18.2. The number of nitrogens with zero attached hydrogens (tertiary/aromatic N) is 3. The van der Waals surface area contributed by atoms with Gasteiger partial charge in [-0.3, -0.25) is 14.4 Å². The smallest absolute Gasteiger partial charge is 0.286 e. The van der Waals surface area contributed by atoms with Crippen LogP contribution in [-0.4, -0.2) is 52.0 Å². The largest absolute Gasteiger partial charge is 0.354 e. The Morgan fingerprint density at radius 3 is 2.42 bits per heavy atom. The van der Waals surface area contributed by atoms with E-state index in [2.05, 4.69) is 20.8 Å². The van der Waals surface area contributed by atoms with E-state index in [-0.39, 0.29) is 39.7 Å². The van der Waals surface area contributed by atoms with Gasteiger partial charge in [-0.25, -0.2) is 0 Å². The third kappa shape index (κ3) is 6.33. The Hall–Kier alpha value is -2.81. The van der Waals surface area contributed by atoms with Gasteiger partial charge >= 0.3 is 0 Å². The number of anilines is 1. The predicted molar refractivity (Wildman–Crippen MR) is 120 cm³/mol. The fourth-order valence-corrected chi connectivity index (χ4v) is 4.10. The van der Waals surface area contributed by atoms with Crippen LogP contribution in [0.25, 0.3) is 0 Å². The highest BCUT2D eigenvalue weighted by Crippen LogP contribution is 2.23. The highest BCUT2D eigenvalue weighted by atomic mass is 32.1. The first kappa shape index (κ1) is 22.9. The van der Waals surface area contributed by atoms with Crippen molar-refractivity contribution in [3.63, 3.8) is 0 Å². The lowest BCUT2D eigenvalue weighted by Crippen LogP contribution is -2.40. The lowest BCUT2D eigenvalue weighted by atomic mass is 9.93. The van der Waals surface area contributed by atoms with Crippen LogP contribution in [0, 0.1) is 12.8 Å². The van der Waals surface area contributed by atoms with E-state index in [1.165, 1.54) is 0 Å². The number of nitrogens with one attached hydrogen (secondary N) is 2. The lowest BCUT2D eigenvalue weighted by Gasteiger charge is -2.31. The van der Waals surface area contributed by atoms with E-state index in [4.69, 9.17) is 0 Å². The fraction of sp³-hybridized carbons (Fsp3) is 0.500. The van der Waals surface area contributed by atoms with Crippen molar-refractivity contribution in [1.29, 1.82) is 0 Å². The summed E-state index contributed by atoms with van der Waals surface area (Å²) in [5, 5.41) is 13.9. The molecule has 31 heavy (non-hydrogen) atoms. The Bertz CT molecular complexity index is 919. The molecule has 0 bridgehead atoms. The van der Waals surface area contributed by atoms with Crippen LogP contribution < -0.4 is 10.6 Å². The Labute approximate surface area is 186 Å². The fourth-order valence-electron chi connectivity index (χ4n) is 3.40. The molecule has 8 nitrogen and oxygen atoms in total. The van der Waals surface area contributed by atoms with Crippen LogP contribution in [0.1, 0.15) is 64.7 Å². The molecule has 0 spiro atoms. The molecule has 0 aliphatic carbocycles. The van der Waals surface area contributed by atoms with Gasteiger partial charge in [0.15, 0.2) is 0 Å². The van der Waals surface area contributed by atoms with Crippen LogP contribution in [0.4, 0.5) is 5.69 Å². The summed E-state index contributed by atoms with van der Waals surface area (Å²) in [6, 6.07) is 7.62. The van der Waals surface area contributed by atoms with E-state index < -0.39 is 0 Å². The molecule has 1 atom stereocenters. The molecule has 0 unspecified atom stereocenters. The normalized spacial score (nSPS) is 15.4. The minimum Gasteiger partial charge on any atom is -0.354 e. The van der Waals surface area contributed by atoms with E-state index >= 15 is 0 Å². The van der Waals surface area contributed by atoms with E-state index in [1.807, 2.05) is 45.0 Å². The molecule has 1 aliphatic heterocycles. The first-order chi connectivity index (χ1) is 14.9. The summed E-state index contributed by atoms with van der Waals surface area (Å²) in [5.41, 5.74) is 1.76. The van der Waals surface area contributed by atoms with Crippen LogP contribution in [-0.2, 0) is 4.79 Å². The number of aryl methyl sites for hydroxylation is 1. The number of amides is 3. The molecular weight excluding hydrogens is 414 g/mol. The quantitative estimate of drug-likeness (QED) is 0.684. The standard InChI is InChI=1S/C22H29N5O3S/c1-4-15(3)23-18(28)13-16-9-11-27(12-10-16)22(30)21-26-25-20(31-21)19(29)24-17-7-5-14(2)6-8-17/h5-8,15-16H,4,9-13H2,1-3H3,(H,23,28)(H,24,29)/t15-/m1/s1. The van der Waals surface area contributed by atoms with Crippen molar-refractivity contribution < 1.29 is 14.4 Å². The molecule has 2 N–H and O–H groups in total. The van der Waals surface area contributed by atoms with Gasteiger partial charge in [-0.2, -0.15) is 0 Å². The maximum Gasteiger partial charge on any atom is 0.286 e. The van der Waals surface area contributed by atoms with Gasteiger partial charge in [0.2, 0.25) is 15.9 Å². The monoisotopic (exact) mass is 443 g/mol. The van der Waals surface area contributed by atoms with Crippen molar-refractivity contribution in [3.05, 3.63) is 39.8 Å². The molecule has 1 aromatic carbocycles. The molecule has 0 radical (unpaired) electrons. The summed E-state index contributed by atoms with van der Waals surface area (Å²) in [5.74, 6) is -0.244.